The van der Waals surface area contributed by atoms with Crippen molar-refractivity contribution in [2.45, 2.75) is 0 Å². The maximum Gasteiger partial charge on any atom is 0.336 e. The van der Waals surface area contributed by atoms with Gasteiger partial charge in [0.25, 0.3) is 0 Å². The van der Waals surface area contributed by atoms with Crippen LogP contribution in [0.25, 0.3) is 22.3 Å². The Labute approximate surface area is 168 Å². The monoisotopic (exact) mass is 418 g/mol. The van der Waals surface area contributed by atoms with E-state index in [4.69, 9.17) is 23.2 Å². The summed E-state index contributed by atoms with van der Waals surface area (Å²) in [5, 5.41) is 38.6. The Balaban J connectivity index is 2.40. The zero-order valence-electron chi connectivity index (χ0n) is 14.0. The summed E-state index contributed by atoms with van der Waals surface area (Å²) in [7, 11) is 0. The van der Waals surface area contributed by atoms with Gasteiger partial charge in [-0.2, -0.15) is 0 Å². The summed E-state index contributed by atoms with van der Waals surface area (Å²) in [5.41, 5.74) is 0.214. The fraction of sp³-hybridized carbons (Fsp3) is 0. The number of phenols is 2. The van der Waals surface area contributed by atoms with Crippen LogP contribution in [-0.4, -0.2) is 32.4 Å². The molecule has 0 spiro atoms. The van der Waals surface area contributed by atoms with Crippen LogP contribution in [0.2, 0.25) is 10.0 Å². The average Bonchev–Trinajstić information content (AvgIpc) is 2.64. The average molecular weight is 419 g/mol. The van der Waals surface area contributed by atoms with Gasteiger partial charge in [0.15, 0.2) is 0 Å². The van der Waals surface area contributed by atoms with E-state index in [1.807, 2.05) is 0 Å². The van der Waals surface area contributed by atoms with Crippen LogP contribution in [0.1, 0.15) is 20.7 Å². The molecule has 0 heterocycles. The Morgan fingerprint density at radius 2 is 1.25 bits per heavy atom. The van der Waals surface area contributed by atoms with Gasteiger partial charge in [-0.3, -0.25) is 0 Å². The Bertz CT molecular complexity index is 1120. The molecule has 3 rings (SSSR count). The number of carboxylic acids is 2. The van der Waals surface area contributed by atoms with Crippen molar-refractivity contribution >= 4 is 35.1 Å². The first-order chi connectivity index (χ1) is 13.2. The first-order valence-corrected chi connectivity index (χ1v) is 8.57. The van der Waals surface area contributed by atoms with Gasteiger partial charge in [-0.15, -0.1) is 0 Å². The smallest absolute Gasteiger partial charge is 0.336 e. The van der Waals surface area contributed by atoms with Gasteiger partial charge in [0.1, 0.15) is 11.5 Å². The van der Waals surface area contributed by atoms with Crippen LogP contribution in [0.3, 0.4) is 0 Å². The molecule has 0 fully saturated rings. The highest BCUT2D eigenvalue weighted by Gasteiger charge is 2.25. The predicted molar refractivity (Wildman–Crippen MR) is 105 cm³/mol. The van der Waals surface area contributed by atoms with Gasteiger partial charge in [-0.25, -0.2) is 9.59 Å². The maximum atomic E-state index is 12.1. The first-order valence-electron chi connectivity index (χ1n) is 7.82. The number of rotatable bonds is 4. The molecule has 0 saturated carbocycles. The molecule has 4 N–H and O–H groups in total. The molecule has 0 bridgehead atoms. The number of carbonyl (C=O) groups is 2. The number of benzene rings is 3. The fourth-order valence-electron chi connectivity index (χ4n) is 2.88. The Kier molecular flexibility index (Phi) is 5.18. The summed E-state index contributed by atoms with van der Waals surface area (Å²) in [6.07, 6.45) is 0. The maximum absolute atomic E-state index is 12.1. The van der Waals surface area contributed by atoms with Crippen molar-refractivity contribution in [3.05, 3.63) is 69.7 Å². The van der Waals surface area contributed by atoms with E-state index in [1.165, 1.54) is 48.5 Å². The van der Waals surface area contributed by atoms with Crippen molar-refractivity contribution in [2.24, 2.45) is 0 Å². The predicted octanol–water partition coefficient (Wildman–Crippen LogP) is 5.14. The van der Waals surface area contributed by atoms with Crippen LogP contribution in [0.15, 0.2) is 48.5 Å². The Hall–Kier alpha value is -3.22. The van der Waals surface area contributed by atoms with E-state index < -0.39 is 11.9 Å². The van der Waals surface area contributed by atoms with Crippen molar-refractivity contribution in [2.75, 3.05) is 0 Å². The van der Waals surface area contributed by atoms with Crippen molar-refractivity contribution in [3.8, 4) is 33.8 Å². The van der Waals surface area contributed by atoms with Crippen LogP contribution >= 0.6 is 23.2 Å². The number of aromatic hydroxyl groups is 2. The fourth-order valence-corrected chi connectivity index (χ4v) is 3.24. The second-order valence-electron chi connectivity index (χ2n) is 5.85. The van der Waals surface area contributed by atoms with Crippen molar-refractivity contribution in [1.82, 2.24) is 0 Å². The molecule has 0 aliphatic heterocycles. The topological polar surface area (TPSA) is 115 Å². The molecular formula is C20H12Cl2O6. The van der Waals surface area contributed by atoms with E-state index in [1.54, 1.807) is 0 Å². The lowest BCUT2D eigenvalue weighted by Gasteiger charge is -2.16. The summed E-state index contributed by atoms with van der Waals surface area (Å²) in [6, 6.07) is 10.7. The van der Waals surface area contributed by atoms with E-state index in [2.05, 4.69) is 0 Å². The number of aromatic carboxylic acids is 2. The lowest BCUT2D eigenvalue weighted by Crippen LogP contribution is -2.09. The van der Waals surface area contributed by atoms with E-state index in [0.29, 0.717) is 5.56 Å². The van der Waals surface area contributed by atoms with Gasteiger partial charge in [0.2, 0.25) is 0 Å². The number of hydrogen-bond acceptors (Lipinski definition) is 4. The second kappa shape index (κ2) is 7.42. The molecule has 0 unspecified atom stereocenters. The third-order valence-corrected chi connectivity index (χ3v) is 4.75. The molecular weight excluding hydrogens is 407 g/mol. The molecule has 3 aromatic rings. The van der Waals surface area contributed by atoms with Gasteiger partial charge >= 0.3 is 11.9 Å². The number of halogens is 2. The molecule has 0 saturated heterocycles. The summed E-state index contributed by atoms with van der Waals surface area (Å²) >= 11 is 11.9. The molecule has 0 aliphatic carbocycles. The van der Waals surface area contributed by atoms with Gasteiger partial charge in [-0.05, 0) is 47.0 Å². The molecule has 0 amide bonds. The second-order valence-corrected chi connectivity index (χ2v) is 6.67. The summed E-state index contributed by atoms with van der Waals surface area (Å²) < 4.78 is 0. The van der Waals surface area contributed by atoms with Crippen LogP contribution in [0.4, 0.5) is 0 Å². The van der Waals surface area contributed by atoms with Gasteiger partial charge in [0, 0.05) is 5.56 Å². The first kappa shape index (κ1) is 19.5. The minimum absolute atomic E-state index is 0.0189. The molecule has 8 heteroatoms. The highest BCUT2D eigenvalue weighted by molar-refractivity contribution is 6.32. The summed E-state index contributed by atoms with van der Waals surface area (Å²) in [4.78, 5) is 23.8. The van der Waals surface area contributed by atoms with Crippen molar-refractivity contribution in [3.63, 3.8) is 0 Å². The molecule has 3 aromatic carbocycles. The van der Waals surface area contributed by atoms with Crippen LogP contribution in [0.5, 0.6) is 11.5 Å². The van der Waals surface area contributed by atoms with Gasteiger partial charge in [-0.1, -0.05) is 41.4 Å². The van der Waals surface area contributed by atoms with Crippen molar-refractivity contribution in [1.29, 1.82) is 0 Å². The summed E-state index contributed by atoms with van der Waals surface area (Å²) in [6.45, 7) is 0. The molecule has 142 valence electrons. The third kappa shape index (κ3) is 3.47. The van der Waals surface area contributed by atoms with Crippen LogP contribution < -0.4 is 0 Å². The Morgan fingerprint density at radius 1 is 0.714 bits per heavy atom. The minimum atomic E-state index is -1.36. The molecule has 0 aliphatic rings. The van der Waals surface area contributed by atoms with Crippen molar-refractivity contribution < 1.29 is 30.0 Å². The van der Waals surface area contributed by atoms with Crippen LogP contribution in [0, 0.1) is 0 Å². The van der Waals surface area contributed by atoms with E-state index in [0.717, 1.165) is 0 Å². The number of carboxylic acid groups (broad SMARTS) is 2. The van der Waals surface area contributed by atoms with E-state index >= 15 is 0 Å². The molecule has 0 atom stereocenters. The quantitative estimate of drug-likeness (QED) is 0.466. The zero-order valence-corrected chi connectivity index (χ0v) is 15.5. The highest BCUT2D eigenvalue weighted by Crippen LogP contribution is 2.39. The Morgan fingerprint density at radius 3 is 1.75 bits per heavy atom. The van der Waals surface area contributed by atoms with E-state index in [9.17, 15) is 30.0 Å². The van der Waals surface area contributed by atoms with Crippen LogP contribution in [-0.2, 0) is 0 Å². The van der Waals surface area contributed by atoms with Gasteiger partial charge in [0.05, 0.1) is 21.2 Å². The molecule has 28 heavy (non-hydrogen) atoms. The molecule has 0 radical (unpaired) electrons. The normalized spacial score (nSPS) is 10.6. The van der Waals surface area contributed by atoms with Gasteiger partial charge < -0.3 is 20.4 Å². The number of hydrogen-bond donors (Lipinski definition) is 4. The largest absolute Gasteiger partial charge is 0.506 e. The lowest BCUT2D eigenvalue weighted by molar-refractivity contribution is 0.0696. The summed E-state index contributed by atoms with van der Waals surface area (Å²) in [5.74, 6) is -3.07. The standard InChI is InChI=1S/C20H12Cl2O6/c21-13-7-9(1-5-15(13)23)11-3-4-12(19(25)26)17(18(11)20(27)28)10-2-6-16(24)14(22)8-10/h1-8,23-24H,(H,25,26)(H,27,28). The zero-order chi connectivity index (χ0) is 20.6. The molecule has 0 aromatic heterocycles. The highest BCUT2D eigenvalue weighted by atomic mass is 35.5. The van der Waals surface area contributed by atoms with E-state index in [-0.39, 0.29) is 49.4 Å². The SMILES string of the molecule is O=C(O)c1ccc(-c2ccc(O)c(Cl)c2)c(C(=O)O)c1-c1ccc(O)c(Cl)c1. The number of phenolic OH excluding ortho intramolecular Hbond substituents is 2. The third-order valence-electron chi connectivity index (χ3n) is 4.14. The minimum Gasteiger partial charge on any atom is -0.506 e. The molecule has 6 nitrogen and oxygen atoms in total. The lowest BCUT2D eigenvalue weighted by atomic mass is 9.88.